The number of nitrogens with one attached hydrogen (secondary N) is 1. The van der Waals surface area contributed by atoms with E-state index in [1.165, 1.54) is 0 Å². The van der Waals surface area contributed by atoms with Gasteiger partial charge in [-0.1, -0.05) is 35.3 Å². The molecule has 0 heterocycles. The van der Waals surface area contributed by atoms with Crippen molar-refractivity contribution in [2.24, 2.45) is 0 Å². The van der Waals surface area contributed by atoms with Crippen molar-refractivity contribution < 1.29 is 4.79 Å². The van der Waals surface area contributed by atoms with Gasteiger partial charge in [-0.3, -0.25) is 4.79 Å². The number of carbonyl (C=O) groups excluding carboxylic acids is 1. The lowest BCUT2D eigenvalue weighted by Crippen LogP contribution is -2.12. The van der Waals surface area contributed by atoms with Crippen molar-refractivity contribution in [3.8, 4) is 0 Å². The lowest BCUT2D eigenvalue weighted by Gasteiger charge is -2.08. The molecular formula is C18H19Cl2NOS. The highest BCUT2D eigenvalue weighted by atomic mass is 35.5. The Balaban J connectivity index is 1.75. The number of benzene rings is 2. The van der Waals surface area contributed by atoms with Gasteiger partial charge in [-0.15, -0.1) is 0 Å². The van der Waals surface area contributed by atoms with Crippen LogP contribution in [0.5, 0.6) is 0 Å². The first kappa shape index (κ1) is 18.2. The summed E-state index contributed by atoms with van der Waals surface area (Å²) in [6.45, 7) is 4.05. The average Bonchev–Trinajstić information content (AvgIpc) is 2.46. The number of hydrogen-bond acceptors (Lipinski definition) is 2. The molecule has 1 amide bonds. The van der Waals surface area contributed by atoms with Gasteiger partial charge in [-0.2, -0.15) is 11.8 Å². The molecule has 0 atom stereocenters. The predicted octanol–water partition coefficient (Wildman–Crippen LogP) is 5.87. The lowest BCUT2D eigenvalue weighted by molar-refractivity contribution is -0.115. The van der Waals surface area contributed by atoms with Crippen LogP contribution in [0.25, 0.3) is 0 Å². The van der Waals surface area contributed by atoms with Crippen molar-refractivity contribution in [3.05, 3.63) is 63.1 Å². The Bertz CT molecular complexity index is 683. The van der Waals surface area contributed by atoms with E-state index in [9.17, 15) is 4.79 Å². The first-order valence-electron chi connectivity index (χ1n) is 7.34. The number of rotatable bonds is 6. The van der Waals surface area contributed by atoms with Crippen LogP contribution in [0.1, 0.15) is 23.1 Å². The summed E-state index contributed by atoms with van der Waals surface area (Å²) in [6, 6.07) is 11.7. The van der Waals surface area contributed by atoms with Crippen molar-refractivity contribution >= 4 is 46.6 Å². The number of carbonyl (C=O) groups is 1. The summed E-state index contributed by atoms with van der Waals surface area (Å²) in [7, 11) is 0. The summed E-state index contributed by atoms with van der Waals surface area (Å²) in [4.78, 5) is 12.0. The molecule has 2 nitrogen and oxygen atoms in total. The molecular weight excluding hydrogens is 349 g/mol. The topological polar surface area (TPSA) is 29.1 Å². The molecule has 0 saturated heterocycles. The highest BCUT2D eigenvalue weighted by molar-refractivity contribution is 7.98. The van der Waals surface area contributed by atoms with Gasteiger partial charge >= 0.3 is 0 Å². The van der Waals surface area contributed by atoms with Gasteiger partial charge in [0.25, 0.3) is 0 Å². The van der Waals surface area contributed by atoms with E-state index in [0.29, 0.717) is 16.5 Å². The van der Waals surface area contributed by atoms with Crippen LogP contribution in [0.2, 0.25) is 10.0 Å². The molecule has 0 fully saturated rings. The van der Waals surface area contributed by atoms with E-state index in [1.807, 2.05) is 38.1 Å². The summed E-state index contributed by atoms with van der Waals surface area (Å²) in [5, 5.41) is 4.08. The predicted molar refractivity (Wildman–Crippen MR) is 102 cm³/mol. The standard InChI is InChI=1S/C18H19Cl2NOS/c1-12-7-13(2)9-15(8-12)21-18(22)5-6-23-11-14-3-4-16(19)17(20)10-14/h3-4,7-10H,5-6,11H2,1-2H3,(H,21,22). The van der Waals surface area contributed by atoms with Crippen LogP contribution in [0.3, 0.4) is 0 Å². The first-order valence-corrected chi connectivity index (χ1v) is 9.25. The first-order chi connectivity index (χ1) is 10.9. The molecule has 0 aliphatic heterocycles. The Morgan fingerprint density at radius 2 is 1.74 bits per heavy atom. The van der Waals surface area contributed by atoms with E-state index < -0.39 is 0 Å². The third kappa shape index (κ3) is 6.09. The van der Waals surface area contributed by atoms with Crippen LogP contribution in [0.4, 0.5) is 5.69 Å². The van der Waals surface area contributed by atoms with Gasteiger partial charge in [0.2, 0.25) is 5.91 Å². The number of amides is 1. The summed E-state index contributed by atoms with van der Waals surface area (Å²) < 4.78 is 0. The molecule has 0 aliphatic rings. The Morgan fingerprint density at radius 1 is 1.04 bits per heavy atom. The molecule has 23 heavy (non-hydrogen) atoms. The van der Waals surface area contributed by atoms with E-state index in [4.69, 9.17) is 23.2 Å². The van der Waals surface area contributed by atoms with Crippen LogP contribution in [0.15, 0.2) is 36.4 Å². The highest BCUT2D eigenvalue weighted by Crippen LogP contribution is 2.24. The van der Waals surface area contributed by atoms with E-state index >= 15 is 0 Å². The largest absolute Gasteiger partial charge is 0.326 e. The number of halogens is 2. The van der Waals surface area contributed by atoms with Crippen LogP contribution >= 0.6 is 35.0 Å². The fraction of sp³-hybridized carbons (Fsp3) is 0.278. The minimum absolute atomic E-state index is 0.0386. The van der Waals surface area contributed by atoms with Crippen molar-refractivity contribution in [2.45, 2.75) is 26.0 Å². The van der Waals surface area contributed by atoms with E-state index in [1.54, 1.807) is 17.8 Å². The summed E-state index contributed by atoms with van der Waals surface area (Å²) in [5.41, 5.74) is 4.27. The van der Waals surface area contributed by atoms with Gasteiger partial charge in [0.1, 0.15) is 0 Å². The third-order valence-corrected chi connectivity index (χ3v) is 5.00. The van der Waals surface area contributed by atoms with E-state index in [-0.39, 0.29) is 5.91 Å². The Morgan fingerprint density at radius 3 is 2.39 bits per heavy atom. The Labute approximate surface area is 151 Å². The fourth-order valence-corrected chi connectivity index (χ4v) is 3.46. The maximum Gasteiger partial charge on any atom is 0.225 e. The summed E-state index contributed by atoms with van der Waals surface area (Å²) in [6.07, 6.45) is 0.485. The zero-order valence-electron chi connectivity index (χ0n) is 13.2. The summed E-state index contributed by atoms with van der Waals surface area (Å²) in [5.74, 6) is 1.61. The van der Waals surface area contributed by atoms with Crippen molar-refractivity contribution in [2.75, 3.05) is 11.1 Å². The van der Waals surface area contributed by atoms with Gasteiger partial charge in [-0.25, -0.2) is 0 Å². The molecule has 122 valence electrons. The van der Waals surface area contributed by atoms with Crippen LogP contribution < -0.4 is 5.32 Å². The highest BCUT2D eigenvalue weighted by Gasteiger charge is 2.05. The molecule has 1 N–H and O–H groups in total. The molecule has 5 heteroatoms. The van der Waals surface area contributed by atoms with Gasteiger partial charge in [0.15, 0.2) is 0 Å². The maximum absolute atomic E-state index is 12.0. The molecule has 0 radical (unpaired) electrons. The minimum atomic E-state index is 0.0386. The number of hydrogen-bond donors (Lipinski definition) is 1. The summed E-state index contributed by atoms with van der Waals surface area (Å²) >= 11 is 13.6. The van der Waals surface area contributed by atoms with Crippen molar-refractivity contribution in [3.63, 3.8) is 0 Å². The van der Waals surface area contributed by atoms with Crippen molar-refractivity contribution in [1.82, 2.24) is 0 Å². The van der Waals surface area contributed by atoms with Crippen molar-refractivity contribution in [1.29, 1.82) is 0 Å². The molecule has 0 aromatic heterocycles. The zero-order valence-corrected chi connectivity index (χ0v) is 15.5. The SMILES string of the molecule is Cc1cc(C)cc(NC(=O)CCSCc2ccc(Cl)c(Cl)c2)c1. The monoisotopic (exact) mass is 367 g/mol. The molecule has 0 bridgehead atoms. The third-order valence-electron chi connectivity index (χ3n) is 3.23. The van der Waals surface area contributed by atoms with Gasteiger partial charge < -0.3 is 5.32 Å². The second-order valence-corrected chi connectivity index (χ2v) is 7.40. The Kier molecular flexibility index (Phi) is 6.82. The number of thioether (sulfide) groups is 1. The van der Waals surface area contributed by atoms with Crippen LogP contribution in [-0.2, 0) is 10.5 Å². The van der Waals surface area contributed by atoms with Gasteiger partial charge in [0.05, 0.1) is 10.0 Å². The maximum atomic E-state index is 12.0. The molecule has 2 rings (SSSR count). The average molecular weight is 368 g/mol. The second-order valence-electron chi connectivity index (χ2n) is 5.48. The van der Waals surface area contributed by atoms with Gasteiger partial charge in [0, 0.05) is 23.6 Å². The molecule has 0 aliphatic carbocycles. The van der Waals surface area contributed by atoms with Gasteiger partial charge in [-0.05, 0) is 54.8 Å². The normalized spacial score (nSPS) is 10.6. The van der Waals surface area contributed by atoms with Crippen LogP contribution in [0, 0.1) is 13.8 Å². The smallest absolute Gasteiger partial charge is 0.225 e. The quantitative estimate of drug-likeness (QED) is 0.646. The zero-order chi connectivity index (χ0) is 16.8. The van der Waals surface area contributed by atoms with E-state index in [0.717, 1.165) is 33.9 Å². The number of anilines is 1. The Hall–Kier alpha value is -1.16. The molecule has 0 saturated carbocycles. The number of aryl methyl sites for hydroxylation is 2. The molecule has 0 unspecified atom stereocenters. The molecule has 2 aromatic rings. The van der Waals surface area contributed by atoms with E-state index in [2.05, 4.69) is 11.4 Å². The van der Waals surface area contributed by atoms with Crippen LogP contribution in [-0.4, -0.2) is 11.7 Å². The minimum Gasteiger partial charge on any atom is -0.326 e. The molecule has 0 spiro atoms. The fourth-order valence-electron chi connectivity index (χ4n) is 2.25. The second kappa shape index (κ2) is 8.62. The lowest BCUT2D eigenvalue weighted by atomic mass is 10.1. The molecule has 2 aromatic carbocycles.